The van der Waals surface area contributed by atoms with Crippen molar-refractivity contribution in [2.45, 2.75) is 37.5 Å². The summed E-state index contributed by atoms with van der Waals surface area (Å²) in [6, 6.07) is 13.8. The fourth-order valence-corrected chi connectivity index (χ4v) is 4.07. The lowest BCUT2D eigenvalue weighted by Gasteiger charge is -2.23. The minimum atomic E-state index is -3.68. The van der Waals surface area contributed by atoms with Crippen LogP contribution < -0.4 is 4.72 Å². The second-order valence-corrected chi connectivity index (χ2v) is 9.51. The van der Waals surface area contributed by atoms with Crippen LogP contribution in [-0.2, 0) is 15.4 Å². The van der Waals surface area contributed by atoms with Gasteiger partial charge in [-0.05, 0) is 53.8 Å². The SMILES string of the molecule is CCC(C)(C)c1ccc(S(=O)(=O)Nc2ccc(-n3cnc(Cl)c3Cl)cc2)cc1. The number of nitrogens with one attached hydrogen (secondary N) is 1. The van der Waals surface area contributed by atoms with Gasteiger partial charge in [0.1, 0.15) is 6.33 Å². The summed E-state index contributed by atoms with van der Waals surface area (Å²) in [7, 11) is -3.68. The second kappa shape index (κ2) is 7.78. The third-order valence-electron chi connectivity index (χ3n) is 4.90. The molecular weight excluding hydrogens is 417 g/mol. The Morgan fingerprint density at radius 1 is 1.04 bits per heavy atom. The van der Waals surface area contributed by atoms with Crippen molar-refractivity contribution >= 4 is 38.9 Å². The maximum atomic E-state index is 12.7. The van der Waals surface area contributed by atoms with Crippen molar-refractivity contribution in [3.63, 3.8) is 0 Å². The zero-order valence-electron chi connectivity index (χ0n) is 15.8. The molecule has 1 N–H and O–H groups in total. The van der Waals surface area contributed by atoms with Crippen molar-refractivity contribution in [1.29, 1.82) is 0 Å². The van der Waals surface area contributed by atoms with E-state index in [4.69, 9.17) is 23.2 Å². The predicted molar refractivity (Wildman–Crippen MR) is 114 cm³/mol. The van der Waals surface area contributed by atoms with Crippen molar-refractivity contribution in [2.75, 3.05) is 4.72 Å². The van der Waals surface area contributed by atoms with E-state index >= 15 is 0 Å². The molecule has 0 aliphatic heterocycles. The highest BCUT2D eigenvalue weighted by atomic mass is 35.5. The summed E-state index contributed by atoms with van der Waals surface area (Å²) in [5.41, 5.74) is 2.28. The monoisotopic (exact) mass is 437 g/mol. The van der Waals surface area contributed by atoms with Gasteiger partial charge in [-0.15, -0.1) is 0 Å². The van der Waals surface area contributed by atoms with E-state index in [1.807, 2.05) is 12.1 Å². The fraction of sp³-hybridized carbons (Fsp3) is 0.250. The van der Waals surface area contributed by atoms with Gasteiger partial charge in [0.25, 0.3) is 10.0 Å². The van der Waals surface area contributed by atoms with Gasteiger partial charge in [-0.3, -0.25) is 9.29 Å². The molecule has 0 amide bonds. The van der Waals surface area contributed by atoms with Crippen molar-refractivity contribution in [2.24, 2.45) is 0 Å². The fourth-order valence-electron chi connectivity index (χ4n) is 2.69. The van der Waals surface area contributed by atoms with Crippen molar-refractivity contribution in [3.05, 3.63) is 70.7 Å². The van der Waals surface area contributed by atoms with Gasteiger partial charge in [0, 0.05) is 11.4 Å². The molecule has 0 atom stereocenters. The topological polar surface area (TPSA) is 64.0 Å². The molecule has 0 unspecified atom stereocenters. The third kappa shape index (κ3) is 4.19. The number of aromatic nitrogens is 2. The Morgan fingerprint density at radius 3 is 2.14 bits per heavy atom. The lowest BCUT2D eigenvalue weighted by molar-refractivity contribution is 0.506. The minimum absolute atomic E-state index is 0.00302. The van der Waals surface area contributed by atoms with E-state index < -0.39 is 10.0 Å². The van der Waals surface area contributed by atoms with Gasteiger partial charge in [0.2, 0.25) is 0 Å². The quantitative estimate of drug-likeness (QED) is 0.540. The first kappa shape index (κ1) is 20.7. The first-order valence-electron chi connectivity index (χ1n) is 8.76. The normalized spacial score (nSPS) is 12.2. The van der Waals surface area contributed by atoms with Gasteiger partial charge in [0.15, 0.2) is 10.3 Å². The van der Waals surface area contributed by atoms with Gasteiger partial charge in [-0.1, -0.05) is 56.1 Å². The van der Waals surface area contributed by atoms with Crippen LogP contribution in [-0.4, -0.2) is 18.0 Å². The maximum Gasteiger partial charge on any atom is 0.261 e. The van der Waals surface area contributed by atoms with Gasteiger partial charge in [-0.25, -0.2) is 13.4 Å². The summed E-state index contributed by atoms with van der Waals surface area (Å²) < 4.78 is 29.6. The number of nitrogens with zero attached hydrogens (tertiary/aromatic N) is 2. The lowest BCUT2D eigenvalue weighted by Crippen LogP contribution is -2.17. The van der Waals surface area contributed by atoms with E-state index in [1.54, 1.807) is 41.0 Å². The molecule has 0 fully saturated rings. The third-order valence-corrected chi connectivity index (χ3v) is 7.03. The smallest absolute Gasteiger partial charge is 0.261 e. The molecule has 0 spiro atoms. The molecular formula is C20H21Cl2N3O2S. The summed E-state index contributed by atoms with van der Waals surface area (Å²) in [6.45, 7) is 6.38. The summed E-state index contributed by atoms with van der Waals surface area (Å²) in [6.07, 6.45) is 2.47. The van der Waals surface area contributed by atoms with Gasteiger partial charge < -0.3 is 0 Å². The van der Waals surface area contributed by atoms with Crippen LogP contribution in [0.15, 0.2) is 59.8 Å². The molecule has 8 heteroatoms. The number of rotatable bonds is 6. The average Bonchev–Trinajstić information content (AvgIpc) is 3.01. The molecule has 148 valence electrons. The molecule has 0 bridgehead atoms. The Kier molecular flexibility index (Phi) is 5.75. The molecule has 0 aliphatic carbocycles. The summed E-state index contributed by atoms with van der Waals surface area (Å²) in [5, 5.41) is 0.506. The number of imidazole rings is 1. The predicted octanol–water partition coefficient (Wildman–Crippen LogP) is 5.67. The Morgan fingerprint density at radius 2 is 1.64 bits per heavy atom. The molecule has 0 saturated heterocycles. The van der Waals surface area contributed by atoms with E-state index in [2.05, 4.69) is 30.5 Å². The van der Waals surface area contributed by atoms with E-state index in [1.165, 1.54) is 6.33 Å². The molecule has 0 aliphatic rings. The van der Waals surface area contributed by atoms with Crippen molar-refractivity contribution in [1.82, 2.24) is 9.55 Å². The number of sulfonamides is 1. The highest BCUT2D eigenvalue weighted by molar-refractivity contribution is 7.92. The van der Waals surface area contributed by atoms with Crippen LogP contribution in [0.3, 0.4) is 0 Å². The molecule has 28 heavy (non-hydrogen) atoms. The zero-order chi connectivity index (χ0) is 20.5. The molecule has 5 nitrogen and oxygen atoms in total. The van der Waals surface area contributed by atoms with Crippen molar-refractivity contribution in [3.8, 4) is 5.69 Å². The van der Waals surface area contributed by atoms with Crippen LogP contribution in [0, 0.1) is 0 Å². The summed E-state index contributed by atoms with van der Waals surface area (Å²) >= 11 is 11.9. The molecule has 0 saturated carbocycles. The number of hydrogen-bond acceptors (Lipinski definition) is 3. The Hall–Kier alpha value is -2.02. The van der Waals surface area contributed by atoms with Crippen molar-refractivity contribution < 1.29 is 8.42 Å². The average molecular weight is 438 g/mol. The van der Waals surface area contributed by atoms with E-state index in [-0.39, 0.29) is 15.5 Å². The lowest BCUT2D eigenvalue weighted by atomic mass is 9.82. The zero-order valence-corrected chi connectivity index (χ0v) is 18.1. The standard InChI is InChI=1S/C20H21Cl2N3O2S/c1-4-20(2,3)14-5-11-17(12-6-14)28(26,27)24-15-7-9-16(10-8-15)25-13-23-18(21)19(25)22/h5-13,24H,4H2,1-3H3. The second-order valence-electron chi connectivity index (χ2n) is 7.11. The van der Waals surface area contributed by atoms with Gasteiger partial charge in [0.05, 0.1) is 4.90 Å². The number of benzene rings is 2. The van der Waals surface area contributed by atoms with Gasteiger partial charge >= 0.3 is 0 Å². The highest BCUT2D eigenvalue weighted by Gasteiger charge is 2.20. The maximum absolute atomic E-state index is 12.7. The highest BCUT2D eigenvalue weighted by Crippen LogP contribution is 2.28. The van der Waals surface area contributed by atoms with Crippen LogP contribution in [0.25, 0.3) is 5.69 Å². The Balaban J connectivity index is 1.80. The molecule has 1 aromatic heterocycles. The van der Waals surface area contributed by atoms with Crippen LogP contribution in [0.4, 0.5) is 5.69 Å². The van der Waals surface area contributed by atoms with Crippen LogP contribution in [0.1, 0.15) is 32.8 Å². The molecule has 1 heterocycles. The number of halogens is 2. The minimum Gasteiger partial charge on any atom is -0.288 e. The first-order valence-corrected chi connectivity index (χ1v) is 11.0. The first-order chi connectivity index (χ1) is 13.1. The molecule has 2 aromatic carbocycles. The Labute approximate surface area is 175 Å². The summed E-state index contributed by atoms with van der Waals surface area (Å²) in [4.78, 5) is 4.15. The molecule has 3 rings (SSSR count). The van der Waals surface area contributed by atoms with Crippen LogP contribution >= 0.6 is 23.2 Å². The number of hydrogen-bond donors (Lipinski definition) is 1. The van der Waals surface area contributed by atoms with E-state index in [0.29, 0.717) is 10.8 Å². The van der Waals surface area contributed by atoms with E-state index in [0.717, 1.165) is 17.7 Å². The molecule has 0 radical (unpaired) electrons. The largest absolute Gasteiger partial charge is 0.288 e. The number of anilines is 1. The van der Waals surface area contributed by atoms with Gasteiger partial charge in [-0.2, -0.15) is 0 Å². The molecule has 3 aromatic rings. The van der Waals surface area contributed by atoms with Crippen LogP contribution in [0.2, 0.25) is 10.3 Å². The van der Waals surface area contributed by atoms with Crippen LogP contribution in [0.5, 0.6) is 0 Å². The Bertz CT molecular complexity index is 1070. The van der Waals surface area contributed by atoms with E-state index in [9.17, 15) is 8.42 Å². The summed E-state index contributed by atoms with van der Waals surface area (Å²) in [5.74, 6) is 0.